The summed E-state index contributed by atoms with van der Waals surface area (Å²) in [7, 11) is 0. The van der Waals surface area contributed by atoms with Crippen molar-refractivity contribution in [3.8, 4) is 0 Å². The summed E-state index contributed by atoms with van der Waals surface area (Å²) in [6.45, 7) is 1.59. The number of hydrogen-bond acceptors (Lipinski definition) is 3. The highest BCUT2D eigenvalue weighted by atomic mass is 16.2. The van der Waals surface area contributed by atoms with Gasteiger partial charge in [0.25, 0.3) is 11.8 Å². The zero-order valence-electron chi connectivity index (χ0n) is 6.51. The number of amides is 4. The summed E-state index contributed by atoms with van der Waals surface area (Å²) < 4.78 is 0. The summed E-state index contributed by atoms with van der Waals surface area (Å²) in [5.74, 6) is -1.52. The molecule has 1 aliphatic heterocycles. The SMILES string of the molecule is CCC1(C(N)=O)NC(=O)NC1=O. The van der Waals surface area contributed by atoms with Gasteiger partial charge in [0.2, 0.25) is 0 Å². The summed E-state index contributed by atoms with van der Waals surface area (Å²) >= 11 is 0. The van der Waals surface area contributed by atoms with Crippen LogP contribution in [0.15, 0.2) is 0 Å². The van der Waals surface area contributed by atoms with Gasteiger partial charge in [-0.15, -0.1) is 0 Å². The Morgan fingerprint density at radius 1 is 1.58 bits per heavy atom. The average molecular weight is 171 g/mol. The largest absolute Gasteiger partial charge is 0.367 e. The Balaban J connectivity index is 3.02. The van der Waals surface area contributed by atoms with Gasteiger partial charge in [-0.05, 0) is 6.42 Å². The fourth-order valence-corrected chi connectivity index (χ4v) is 1.09. The van der Waals surface area contributed by atoms with Crippen molar-refractivity contribution in [1.29, 1.82) is 0 Å². The molecule has 0 aromatic rings. The topological polar surface area (TPSA) is 101 Å². The van der Waals surface area contributed by atoms with E-state index in [1.807, 2.05) is 5.32 Å². The molecule has 4 amide bonds. The zero-order chi connectivity index (χ0) is 9.35. The van der Waals surface area contributed by atoms with Crippen LogP contribution in [0, 0.1) is 0 Å². The van der Waals surface area contributed by atoms with E-state index in [0.29, 0.717) is 0 Å². The Labute approximate surface area is 68.5 Å². The smallest absolute Gasteiger partial charge is 0.322 e. The van der Waals surface area contributed by atoms with E-state index in [9.17, 15) is 14.4 Å². The quantitative estimate of drug-likeness (QED) is 0.346. The molecular formula is C6H9N3O3. The molecule has 1 unspecified atom stereocenters. The van der Waals surface area contributed by atoms with Crippen molar-refractivity contribution in [3.05, 3.63) is 0 Å². The lowest BCUT2D eigenvalue weighted by Gasteiger charge is -2.18. The molecule has 1 rings (SSSR count). The summed E-state index contributed by atoms with van der Waals surface area (Å²) in [6.07, 6.45) is 0.153. The molecule has 4 N–H and O–H groups in total. The summed E-state index contributed by atoms with van der Waals surface area (Å²) in [6, 6.07) is -0.680. The molecule has 0 aliphatic carbocycles. The van der Waals surface area contributed by atoms with E-state index in [1.165, 1.54) is 0 Å². The Kier molecular flexibility index (Phi) is 1.75. The van der Waals surface area contributed by atoms with Crippen molar-refractivity contribution in [2.75, 3.05) is 0 Å². The molecule has 1 aliphatic rings. The number of imide groups is 1. The third-order valence-corrected chi connectivity index (χ3v) is 1.89. The van der Waals surface area contributed by atoms with Crippen molar-refractivity contribution >= 4 is 17.8 Å². The number of nitrogens with one attached hydrogen (secondary N) is 2. The second-order valence-electron chi connectivity index (χ2n) is 2.53. The van der Waals surface area contributed by atoms with Gasteiger partial charge in [0.1, 0.15) is 0 Å². The van der Waals surface area contributed by atoms with Gasteiger partial charge in [-0.1, -0.05) is 6.92 Å². The molecule has 0 saturated carbocycles. The molecule has 1 heterocycles. The van der Waals surface area contributed by atoms with Crippen LogP contribution in [0.25, 0.3) is 0 Å². The highest BCUT2D eigenvalue weighted by molar-refractivity contribution is 6.19. The van der Waals surface area contributed by atoms with Crippen LogP contribution in [0.3, 0.4) is 0 Å². The van der Waals surface area contributed by atoms with E-state index in [1.54, 1.807) is 6.92 Å². The van der Waals surface area contributed by atoms with Crippen LogP contribution in [-0.4, -0.2) is 23.4 Å². The van der Waals surface area contributed by atoms with Crippen molar-refractivity contribution in [3.63, 3.8) is 0 Å². The number of carbonyl (C=O) groups excluding carboxylic acids is 3. The molecule has 12 heavy (non-hydrogen) atoms. The van der Waals surface area contributed by atoms with Gasteiger partial charge in [0.15, 0.2) is 5.54 Å². The molecule has 0 aromatic heterocycles. The number of hydrogen-bond donors (Lipinski definition) is 3. The van der Waals surface area contributed by atoms with E-state index in [4.69, 9.17) is 5.73 Å². The predicted octanol–water partition coefficient (Wildman–Crippen LogP) is -1.54. The van der Waals surface area contributed by atoms with Crippen LogP contribution in [-0.2, 0) is 9.59 Å². The van der Waals surface area contributed by atoms with E-state index in [0.717, 1.165) is 0 Å². The molecule has 1 saturated heterocycles. The number of urea groups is 1. The maximum absolute atomic E-state index is 11.1. The minimum Gasteiger partial charge on any atom is -0.367 e. The third-order valence-electron chi connectivity index (χ3n) is 1.89. The van der Waals surface area contributed by atoms with Crippen LogP contribution < -0.4 is 16.4 Å². The lowest BCUT2D eigenvalue weighted by atomic mass is 9.96. The maximum Gasteiger partial charge on any atom is 0.322 e. The highest BCUT2D eigenvalue weighted by Gasteiger charge is 2.49. The minimum atomic E-state index is -1.54. The normalized spacial score (nSPS) is 28.1. The van der Waals surface area contributed by atoms with Gasteiger partial charge in [0.05, 0.1) is 0 Å². The van der Waals surface area contributed by atoms with Gasteiger partial charge >= 0.3 is 6.03 Å². The first kappa shape index (κ1) is 8.51. The minimum absolute atomic E-state index is 0.153. The van der Waals surface area contributed by atoms with Crippen molar-refractivity contribution in [2.24, 2.45) is 5.73 Å². The molecule has 6 nitrogen and oxygen atoms in total. The first-order chi connectivity index (χ1) is 5.53. The first-order valence-electron chi connectivity index (χ1n) is 3.46. The average Bonchev–Trinajstić information content (AvgIpc) is 2.26. The van der Waals surface area contributed by atoms with Gasteiger partial charge in [-0.25, -0.2) is 4.79 Å². The number of rotatable bonds is 2. The van der Waals surface area contributed by atoms with Crippen LogP contribution in [0.4, 0.5) is 4.79 Å². The van der Waals surface area contributed by atoms with Gasteiger partial charge in [0, 0.05) is 0 Å². The molecule has 0 bridgehead atoms. The van der Waals surface area contributed by atoms with Crippen LogP contribution >= 0.6 is 0 Å². The molecule has 0 spiro atoms. The molecule has 0 radical (unpaired) electrons. The molecule has 0 aromatic carbocycles. The molecule has 1 atom stereocenters. The predicted molar refractivity (Wildman–Crippen MR) is 38.9 cm³/mol. The van der Waals surface area contributed by atoms with Crippen LogP contribution in [0.5, 0.6) is 0 Å². The Bertz CT molecular complexity index is 263. The zero-order valence-corrected chi connectivity index (χ0v) is 6.51. The lowest BCUT2D eigenvalue weighted by Crippen LogP contribution is -2.56. The second kappa shape index (κ2) is 2.47. The van der Waals surface area contributed by atoms with E-state index < -0.39 is 23.4 Å². The number of nitrogens with two attached hydrogens (primary N) is 1. The van der Waals surface area contributed by atoms with Crippen molar-refractivity contribution in [1.82, 2.24) is 10.6 Å². The Hall–Kier alpha value is -1.59. The summed E-state index contributed by atoms with van der Waals surface area (Å²) in [5, 5.41) is 4.14. The van der Waals surface area contributed by atoms with Crippen LogP contribution in [0.2, 0.25) is 0 Å². The van der Waals surface area contributed by atoms with Gasteiger partial charge < -0.3 is 11.1 Å². The fourth-order valence-electron chi connectivity index (χ4n) is 1.09. The molecule has 6 heteroatoms. The second-order valence-corrected chi connectivity index (χ2v) is 2.53. The van der Waals surface area contributed by atoms with Crippen molar-refractivity contribution in [2.45, 2.75) is 18.9 Å². The fraction of sp³-hybridized carbons (Fsp3) is 0.500. The standard InChI is InChI=1S/C6H9N3O3/c1-2-6(3(7)10)4(11)8-5(12)9-6/h2H2,1H3,(H2,7,10)(H2,8,9,11,12). The molecule has 66 valence electrons. The van der Waals surface area contributed by atoms with Crippen LogP contribution in [0.1, 0.15) is 13.3 Å². The monoisotopic (exact) mass is 171 g/mol. The first-order valence-corrected chi connectivity index (χ1v) is 3.46. The molecule has 1 fully saturated rings. The van der Waals surface area contributed by atoms with Crippen molar-refractivity contribution < 1.29 is 14.4 Å². The van der Waals surface area contributed by atoms with Gasteiger partial charge in [-0.3, -0.25) is 14.9 Å². The Morgan fingerprint density at radius 3 is 2.33 bits per heavy atom. The Morgan fingerprint density at radius 2 is 2.17 bits per heavy atom. The maximum atomic E-state index is 11.1. The summed E-state index contributed by atoms with van der Waals surface area (Å²) in [5.41, 5.74) is 3.44. The summed E-state index contributed by atoms with van der Waals surface area (Å²) in [4.78, 5) is 32.6. The highest BCUT2D eigenvalue weighted by Crippen LogP contribution is 2.13. The van der Waals surface area contributed by atoms with E-state index in [-0.39, 0.29) is 6.42 Å². The number of carbonyl (C=O) groups is 3. The number of primary amides is 1. The van der Waals surface area contributed by atoms with E-state index >= 15 is 0 Å². The molecular weight excluding hydrogens is 162 g/mol. The lowest BCUT2D eigenvalue weighted by molar-refractivity contribution is -0.134. The van der Waals surface area contributed by atoms with E-state index in [2.05, 4.69) is 5.32 Å². The third kappa shape index (κ3) is 0.919. The van der Waals surface area contributed by atoms with Gasteiger partial charge in [-0.2, -0.15) is 0 Å².